The van der Waals surface area contributed by atoms with Gasteiger partial charge in [0.2, 0.25) is 0 Å². The summed E-state index contributed by atoms with van der Waals surface area (Å²) in [5, 5.41) is 18.4. The molecular formula is C16H20Cl2O2Ti. The number of phenolic OH excluding ortho intramolecular Hbond substituents is 2. The molecule has 0 saturated heterocycles. The van der Waals surface area contributed by atoms with Crippen LogP contribution in [-0.2, 0) is 17.0 Å². The first-order valence-electron chi connectivity index (χ1n) is 6.31. The maximum atomic E-state index is 9.21. The van der Waals surface area contributed by atoms with E-state index in [1.54, 1.807) is 0 Å². The topological polar surface area (TPSA) is 40.5 Å². The summed E-state index contributed by atoms with van der Waals surface area (Å²) in [7, 11) is 9.78. The van der Waals surface area contributed by atoms with Crippen LogP contribution in [0.25, 0.3) is 0 Å². The van der Waals surface area contributed by atoms with E-state index < -0.39 is 17.0 Å². The van der Waals surface area contributed by atoms with Crippen molar-refractivity contribution >= 4 is 18.6 Å². The molecule has 0 unspecified atom stereocenters. The number of aromatic hydroxyl groups is 2. The third kappa shape index (κ3) is 7.78. The van der Waals surface area contributed by atoms with E-state index in [2.05, 4.69) is 0 Å². The third-order valence-electron chi connectivity index (χ3n) is 2.88. The van der Waals surface area contributed by atoms with Crippen molar-refractivity contribution in [2.24, 2.45) is 0 Å². The number of para-hydroxylation sites is 2. The van der Waals surface area contributed by atoms with Crippen molar-refractivity contribution in [2.45, 2.75) is 27.7 Å². The standard InChI is InChI=1S/2C8H10O.2ClH.Ti/c2*1-6-4-3-5-7(2)8(6)9;;;/h2*3-5,9H,1-2H3;2*1H;/q;;;;+2/p-2. The Morgan fingerprint density at radius 3 is 1.00 bits per heavy atom. The Bertz CT molecular complexity index is 470. The van der Waals surface area contributed by atoms with Gasteiger partial charge in [0.05, 0.1) is 0 Å². The van der Waals surface area contributed by atoms with Crippen LogP contribution in [0.15, 0.2) is 36.4 Å². The monoisotopic (exact) mass is 362 g/mol. The van der Waals surface area contributed by atoms with E-state index in [1.807, 2.05) is 64.1 Å². The van der Waals surface area contributed by atoms with Crippen molar-refractivity contribution < 1.29 is 27.2 Å². The normalized spacial score (nSPS) is 8.86. The van der Waals surface area contributed by atoms with Crippen molar-refractivity contribution in [3.8, 4) is 11.5 Å². The zero-order valence-electron chi connectivity index (χ0n) is 12.6. The van der Waals surface area contributed by atoms with Crippen LogP contribution in [0.4, 0.5) is 0 Å². The van der Waals surface area contributed by atoms with Crippen molar-refractivity contribution in [2.75, 3.05) is 0 Å². The van der Waals surface area contributed by atoms with Gasteiger partial charge in [0.1, 0.15) is 11.5 Å². The van der Waals surface area contributed by atoms with Gasteiger partial charge in [0, 0.05) is 0 Å². The summed E-state index contributed by atoms with van der Waals surface area (Å²) in [6.07, 6.45) is 0. The van der Waals surface area contributed by atoms with Crippen LogP contribution < -0.4 is 0 Å². The molecule has 0 spiro atoms. The fraction of sp³-hybridized carbons (Fsp3) is 0.250. The van der Waals surface area contributed by atoms with Gasteiger partial charge in [-0.3, -0.25) is 0 Å². The summed E-state index contributed by atoms with van der Waals surface area (Å²) < 4.78 is 0. The number of hydrogen-bond donors (Lipinski definition) is 2. The zero-order chi connectivity index (χ0) is 16.4. The Labute approximate surface area is 143 Å². The average molecular weight is 363 g/mol. The SMILES string of the molecule is Cc1cccc(C)c1O.Cc1cccc(C)c1O.[Cl][Ti][Cl]. The Hall–Kier alpha value is -0.666. The molecular weight excluding hydrogens is 343 g/mol. The first kappa shape index (κ1) is 20.3. The molecule has 114 valence electrons. The molecule has 0 atom stereocenters. The summed E-state index contributed by atoms with van der Waals surface area (Å²) in [5.41, 5.74) is 3.76. The second kappa shape index (κ2) is 11.0. The fourth-order valence-corrected chi connectivity index (χ4v) is 1.61. The van der Waals surface area contributed by atoms with Crippen LogP contribution in [-0.4, -0.2) is 10.2 Å². The quantitative estimate of drug-likeness (QED) is 0.616. The van der Waals surface area contributed by atoms with Crippen molar-refractivity contribution in [3.05, 3.63) is 58.7 Å². The average Bonchev–Trinajstić information content (AvgIpc) is 2.44. The summed E-state index contributed by atoms with van der Waals surface area (Å²) in [6.45, 7) is 7.56. The fourth-order valence-electron chi connectivity index (χ4n) is 1.61. The van der Waals surface area contributed by atoms with Gasteiger partial charge in [-0.05, 0) is 49.9 Å². The molecule has 0 aliphatic heterocycles. The molecule has 0 aliphatic rings. The van der Waals surface area contributed by atoms with E-state index in [9.17, 15) is 10.2 Å². The predicted octanol–water partition coefficient (Wildman–Crippen LogP) is 5.39. The van der Waals surface area contributed by atoms with Gasteiger partial charge in [-0.1, -0.05) is 36.4 Å². The number of phenols is 2. The van der Waals surface area contributed by atoms with Crippen LogP contribution in [0.5, 0.6) is 11.5 Å². The molecule has 0 aliphatic carbocycles. The predicted molar refractivity (Wildman–Crippen MR) is 86.9 cm³/mol. The minimum absolute atomic E-state index is 0.414. The summed E-state index contributed by atoms with van der Waals surface area (Å²) in [4.78, 5) is 0. The van der Waals surface area contributed by atoms with Gasteiger partial charge >= 0.3 is 35.6 Å². The van der Waals surface area contributed by atoms with E-state index in [1.165, 1.54) is 0 Å². The van der Waals surface area contributed by atoms with Crippen molar-refractivity contribution in [1.82, 2.24) is 0 Å². The number of benzene rings is 2. The van der Waals surface area contributed by atoms with Gasteiger partial charge in [-0.25, -0.2) is 0 Å². The van der Waals surface area contributed by atoms with E-state index in [0.29, 0.717) is 11.5 Å². The Morgan fingerprint density at radius 1 is 0.667 bits per heavy atom. The van der Waals surface area contributed by atoms with Gasteiger partial charge < -0.3 is 10.2 Å². The van der Waals surface area contributed by atoms with E-state index >= 15 is 0 Å². The zero-order valence-corrected chi connectivity index (χ0v) is 15.7. The Morgan fingerprint density at radius 2 is 0.857 bits per heavy atom. The molecule has 2 N–H and O–H groups in total. The molecule has 2 aromatic carbocycles. The summed E-state index contributed by atoms with van der Waals surface area (Å²) in [6, 6.07) is 11.4. The van der Waals surface area contributed by atoms with Crippen LogP contribution >= 0.6 is 18.6 Å². The number of rotatable bonds is 0. The van der Waals surface area contributed by atoms with Gasteiger partial charge in [0.15, 0.2) is 0 Å². The number of halogens is 2. The van der Waals surface area contributed by atoms with E-state index in [-0.39, 0.29) is 0 Å². The minimum atomic E-state index is -0.556. The number of aryl methyl sites for hydroxylation is 4. The molecule has 0 bridgehead atoms. The van der Waals surface area contributed by atoms with Crippen LogP contribution in [0.1, 0.15) is 22.3 Å². The summed E-state index contributed by atoms with van der Waals surface area (Å²) in [5.74, 6) is 0.829. The molecule has 0 fully saturated rings. The molecule has 0 heterocycles. The van der Waals surface area contributed by atoms with Gasteiger partial charge in [-0.15, -0.1) is 0 Å². The number of hydrogen-bond acceptors (Lipinski definition) is 2. The molecule has 2 aromatic rings. The first-order valence-corrected chi connectivity index (χ1v) is 10.6. The molecule has 2 nitrogen and oxygen atoms in total. The maximum absolute atomic E-state index is 9.21. The van der Waals surface area contributed by atoms with Gasteiger partial charge in [-0.2, -0.15) is 0 Å². The summed E-state index contributed by atoms with van der Waals surface area (Å²) >= 11 is -0.556. The molecule has 5 heteroatoms. The molecule has 0 amide bonds. The van der Waals surface area contributed by atoms with Crippen LogP contribution in [0.2, 0.25) is 0 Å². The first-order chi connectivity index (χ1) is 9.84. The molecule has 2 rings (SSSR count). The second-order valence-corrected chi connectivity index (χ2v) is 7.13. The van der Waals surface area contributed by atoms with E-state index in [4.69, 9.17) is 18.6 Å². The molecule has 0 aromatic heterocycles. The Kier molecular flexibility index (Phi) is 10.6. The van der Waals surface area contributed by atoms with Crippen molar-refractivity contribution in [1.29, 1.82) is 0 Å². The third-order valence-corrected chi connectivity index (χ3v) is 2.88. The molecule has 0 radical (unpaired) electrons. The second-order valence-electron chi connectivity index (χ2n) is 4.55. The van der Waals surface area contributed by atoms with Gasteiger partial charge in [0.25, 0.3) is 0 Å². The molecule has 0 saturated carbocycles. The van der Waals surface area contributed by atoms with Crippen LogP contribution in [0.3, 0.4) is 0 Å². The van der Waals surface area contributed by atoms with Crippen molar-refractivity contribution in [3.63, 3.8) is 0 Å². The van der Waals surface area contributed by atoms with E-state index in [0.717, 1.165) is 22.3 Å². The van der Waals surface area contributed by atoms with Crippen LogP contribution in [0, 0.1) is 27.7 Å². The molecule has 21 heavy (non-hydrogen) atoms. The Balaban J connectivity index is 0.000000322.